The highest BCUT2D eigenvalue weighted by Crippen LogP contribution is 2.34. The third-order valence-electron chi connectivity index (χ3n) is 4.54. The molecular weight excluding hydrogens is 184 g/mol. The molecule has 0 aromatic carbocycles. The fourth-order valence-electron chi connectivity index (χ4n) is 3.58. The lowest BCUT2D eigenvalue weighted by molar-refractivity contribution is 0.0631. The first-order valence-electron chi connectivity index (χ1n) is 6.68. The molecule has 0 radical (unpaired) electrons. The van der Waals surface area contributed by atoms with E-state index in [9.17, 15) is 0 Å². The SMILES string of the molecule is CC1CCC(N2CCCC(C)C2CN)C1. The van der Waals surface area contributed by atoms with Gasteiger partial charge in [0.2, 0.25) is 0 Å². The van der Waals surface area contributed by atoms with Gasteiger partial charge in [0.1, 0.15) is 0 Å². The van der Waals surface area contributed by atoms with Gasteiger partial charge in [0.15, 0.2) is 0 Å². The third-order valence-corrected chi connectivity index (χ3v) is 4.54. The van der Waals surface area contributed by atoms with Crippen LogP contribution >= 0.6 is 0 Å². The molecule has 2 rings (SSSR count). The molecule has 2 heteroatoms. The van der Waals surface area contributed by atoms with Crippen molar-refractivity contribution in [2.24, 2.45) is 17.6 Å². The molecule has 2 nitrogen and oxygen atoms in total. The smallest absolute Gasteiger partial charge is 0.0246 e. The van der Waals surface area contributed by atoms with Crippen LogP contribution in [0.1, 0.15) is 46.0 Å². The summed E-state index contributed by atoms with van der Waals surface area (Å²) in [6.45, 7) is 6.92. The van der Waals surface area contributed by atoms with Crippen molar-refractivity contribution in [2.45, 2.75) is 58.0 Å². The van der Waals surface area contributed by atoms with Gasteiger partial charge in [0, 0.05) is 18.6 Å². The van der Waals surface area contributed by atoms with Gasteiger partial charge in [0.05, 0.1) is 0 Å². The fraction of sp³-hybridized carbons (Fsp3) is 1.00. The van der Waals surface area contributed by atoms with Crippen molar-refractivity contribution in [2.75, 3.05) is 13.1 Å². The molecule has 4 unspecified atom stereocenters. The predicted molar refractivity (Wildman–Crippen MR) is 64.7 cm³/mol. The molecule has 1 saturated heterocycles. The summed E-state index contributed by atoms with van der Waals surface area (Å²) in [4.78, 5) is 2.73. The summed E-state index contributed by atoms with van der Waals surface area (Å²) in [5.41, 5.74) is 5.94. The van der Waals surface area contributed by atoms with Crippen molar-refractivity contribution in [3.63, 3.8) is 0 Å². The minimum atomic E-state index is 0.661. The van der Waals surface area contributed by atoms with Gasteiger partial charge in [0.25, 0.3) is 0 Å². The molecular formula is C13H26N2. The van der Waals surface area contributed by atoms with Crippen LogP contribution in [0.2, 0.25) is 0 Å². The summed E-state index contributed by atoms with van der Waals surface area (Å²) in [7, 11) is 0. The van der Waals surface area contributed by atoms with Gasteiger partial charge < -0.3 is 5.73 Å². The second-order valence-corrected chi connectivity index (χ2v) is 5.73. The Morgan fingerprint density at radius 3 is 2.60 bits per heavy atom. The van der Waals surface area contributed by atoms with Gasteiger partial charge in [-0.2, -0.15) is 0 Å². The Balaban J connectivity index is 1.99. The lowest BCUT2D eigenvalue weighted by Gasteiger charge is -2.43. The van der Waals surface area contributed by atoms with Crippen molar-refractivity contribution in [3.8, 4) is 0 Å². The summed E-state index contributed by atoms with van der Waals surface area (Å²) in [6, 6.07) is 1.50. The second-order valence-electron chi connectivity index (χ2n) is 5.73. The Morgan fingerprint density at radius 2 is 2.00 bits per heavy atom. The topological polar surface area (TPSA) is 29.3 Å². The number of likely N-dealkylation sites (tertiary alicyclic amines) is 1. The molecule has 4 atom stereocenters. The van der Waals surface area contributed by atoms with Crippen LogP contribution in [0.3, 0.4) is 0 Å². The molecule has 0 spiro atoms. The maximum atomic E-state index is 5.94. The highest BCUT2D eigenvalue weighted by atomic mass is 15.2. The van der Waals surface area contributed by atoms with Crippen molar-refractivity contribution in [1.82, 2.24) is 4.90 Å². The van der Waals surface area contributed by atoms with Crippen LogP contribution in [-0.2, 0) is 0 Å². The number of rotatable bonds is 2. The van der Waals surface area contributed by atoms with Crippen LogP contribution in [0.5, 0.6) is 0 Å². The predicted octanol–water partition coefficient (Wildman–Crippen LogP) is 2.23. The van der Waals surface area contributed by atoms with E-state index in [0.29, 0.717) is 6.04 Å². The Bertz CT molecular complexity index is 205. The first kappa shape index (κ1) is 11.4. The first-order valence-corrected chi connectivity index (χ1v) is 6.68. The Morgan fingerprint density at radius 1 is 1.20 bits per heavy atom. The number of nitrogens with zero attached hydrogens (tertiary/aromatic N) is 1. The summed E-state index contributed by atoms with van der Waals surface area (Å²) in [6.07, 6.45) is 6.99. The Hall–Kier alpha value is -0.0800. The quantitative estimate of drug-likeness (QED) is 0.757. The number of piperidine rings is 1. The molecule has 1 aliphatic carbocycles. The highest BCUT2D eigenvalue weighted by Gasteiger charge is 2.35. The van der Waals surface area contributed by atoms with Crippen LogP contribution in [0.25, 0.3) is 0 Å². The van der Waals surface area contributed by atoms with Crippen molar-refractivity contribution in [3.05, 3.63) is 0 Å². The van der Waals surface area contributed by atoms with Crippen molar-refractivity contribution >= 4 is 0 Å². The van der Waals surface area contributed by atoms with E-state index < -0.39 is 0 Å². The largest absolute Gasteiger partial charge is 0.329 e. The van der Waals surface area contributed by atoms with E-state index in [4.69, 9.17) is 5.73 Å². The zero-order valence-electron chi connectivity index (χ0n) is 10.3. The van der Waals surface area contributed by atoms with E-state index in [1.54, 1.807) is 0 Å². The van der Waals surface area contributed by atoms with E-state index in [1.165, 1.54) is 38.6 Å². The van der Waals surface area contributed by atoms with E-state index in [0.717, 1.165) is 24.4 Å². The number of hydrogen-bond donors (Lipinski definition) is 1. The van der Waals surface area contributed by atoms with Gasteiger partial charge in [-0.3, -0.25) is 4.90 Å². The van der Waals surface area contributed by atoms with Gasteiger partial charge in [-0.05, 0) is 50.5 Å². The molecule has 2 aliphatic rings. The van der Waals surface area contributed by atoms with E-state index in [-0.39, 0.29) is 0 Å². The minimum Gasteiger partial charge on any atom is -0.329 e. The van der Waals surface area contributed by atoms with Crippen LogP contribution in [0.4, 0.5) is 0 Å². The number of nitrogens with two attached hydrogens (primary N) is 1. The normalized spacial score (nSPS) is 43.4. The summed E-state index contributed by atoms with van der Waals surface area (Å²) in [5.74, 6) is 1.74. The lowest BCUT2D eigenvalue weighted by atomic mass is 9.89. The molecule has 88 valence electrons. The molecule has 0 bridgehead atoms. The zero-order valence-corrected chi connectivity index (χ0v) is 10.3. The molecule has 1 heterocycles. The van der Waals surface area contributed by atoms with E-state index in [2.05, 4.69) is 18.7 Å². The molecule has 0 aromatic rings. The Kier molecular flexibility index (Phi) is 3.68. The van der Waals surface area contributed by atoms with Crippen molar-refractivity contribution < 1.29 is 0 Å². The van der Waals surface area contributed by atoms with Gasteiger partial charge in [-0.25, -0.2) is 0 Å². The van der Waals surface area contributed by atoms with Gasteiger partial charge >= 0.3 is 0 Å². The van der Waals surface area contributed by atoms with Crippen LogP contribution in [0.15, 0.2) is 0 Å². The average Bonchev–Trinajstić information content (AvgIpc) is 2.64. The molecule has 1 saturated carbocycles. The van der Waals surface area contributed by atoms with Gasteiger partial charge in [-0.15, -0.1) is 0 Å². The number of hydrogen-bond acceptors (Lipinski definition) is 2. The zero-order chi connectivity index (χ0) is 10.8. The molecule has 2 N–H and O–H groups in total. The Labute approximate surface area is 94.2 Å². The second kappa shape index (κ2) is 4.84. The van der Waals surface area contributed by atoms with E-state index in [1.807, 2.05) is 0 Å². The fourth-order valence-corrected chi connectivity index (χ4v) is 3.58. The monoisotopic (exact) mass is 210 g/mol. The molecule has 0 aromatic heterocycles. The third kappa shape index (κ3) is 2.36. The summed E-state index contributed by atoms with van der Waals surface area (Å²) < 4.78 is 0. The highest BCUT2D eigenvalue weighted by molar-refractivity contribution is 4.90. The molecule has 0 amide bonds. The molecule has 1 aliphatic heterocycles. The van der Waals surface area contributed by atoms with Gasteiger partial charge in [-0.1, -0.05) is 13.8 Å². The summed E-state index contributed by atoms with van der Waals surface area (Å²) in [5, 5.41) is 0. The maximum absolute atomic E-state index is 5.94. The maximum Gasteiger partial charge on any atom is 0.0246 e. The lowest BCUT2D eigenvalue weighted by Crippen LogP contribution is -2.52. The van der Waals surface area contributed by atoms with E-state index >= 15 is 0 Å². The van der Waals surface area contributed by atoms with Crippen molar-refractivity contribution in [1.29, 1.82) is 0 Å². The van der Waals surface area contributed by atoms with Crippen LogP contribution in [-0.4, -0.2) is 30.1 Å². The first-order chi connectivity index (χ1) is 7.22. The molecule has 2 fully saturated rings. The standard InChI is InChI=1S/C13H26N2/c1-10-5-6-12(8-10)15-7-3-4-11(2)13(15)9-14/h10-13H,3-9,14H2,1-2H3. The van der Waals surface area contributed by atoms with Crippen LogP contribution < -0.4 is 5.73 Å². The summed E-state index contributed by atoms with van der Waals surface area (Å²) >= 11 is 0. The minimum absolute atomic E-state index is 0.661. The average molecular weight is 210 g/mol. The molecule has 15 heavy (non-hydrogen) atoms. The van der Waals surface area contributed by atoms with Crippen LogP contribution in [0, 0.1) is 11.8 Å².